The molecule has 2 aromatic carbocycles. The van der Waals surface area contributed by atoms with Crippen molar-refractivity contribution in [1.82, 2.24) is 14.7 Å². The van der Waals surface area contributed by atoms with Crippen LogP contribution in [0.2, 0.25) is 5.28 Å². The molecule has 2 aliphatic heterocycles. The first-order valence-electron chi connectivity index (χ1n) is 12.3. The molecule has 1 N–H and O–H groups in total. The van der Waals surface area contributed by atoms with Crippen LogP contribution in [0.3, 0.4) is 0 Å². The largest absolute Gasteiger partial charge is 0.760 e. The zero-order chi connectivity index (χ0) is 26.6. The number of rotatable bonds is 8. The van der Waals surface area contributed by atoms with Crippen LogP contribution in [-0.2, 0) is 20.7 Å². The molecule has 2 unspecified atom stereocenters. The summed E-state index contributed by atoms with van der Waals surface area (Å²) in [7, 11) is 0. The Morgan fingerprint density at radius 1 is 1.08 bits per heavy atom. The fourth-order valence-corrected chi connectivity index (χ4v) is 5.28. The van der Waals surface area contributed by atoms with Crippen molar-refractivity contribution >= 4 is 45.3 Å². The maximum Gasteiger partial charge on any atom is 0.224 e. The monoisotopic (exact) mass is 566 g/mol. The summed E-state index contributed by atoms with van der Waals surface area (Å²) in [5.41, 5.74) is 2.06. The third-order valence-electron chi connectivity index (χ3n) is 6.69. The van der Waals surface area contributed by atoms with Gasteiger partial charge in [0.2, 0.25) is 5.28 Å². The van der Waals surface area contributed by atoms with Crippen LogP contribution in [0.4, 0.5) is 20.3 Å². The van der Waals surface area contributed by atoms with Crippen molar-refractivity contribution in [2.45, 2.75) is 12.6 Å². The fraction of sp³-hybridized carbons (Fsp3) is 0.440. The van der Waals surface area contributed by atoms with Crippen LogP contribution >= 0.6 is 11.6 Å². The Hall–Kier alpha value is -2.48. The van der Waals surface area contributed by atoms with Gasteiger partial charge in [0.05, 0.1) is 32.1 Å². The van der Waals surface area contributed by atoms with Gasteiger partial charge in [-0.05, 0) is 35.7 Å². The molecule has 2 aliphatic rings. The first-order chi connectivity index (χ1) is 18.4. The van der Waals surface area contributed by atoms with Gasteiger partial charge in [0, 0.05) is 60.5 Å². The molecule has 0 bridgehead atoms. The predicted octanol–water partition coefficient (Wildman–Crippen LogP) is 3.55. The van der Waals surface area contributed by atoms with Gasteiger partial charge in [-0.25, -0.2) is 18.5 Å². The van der Waals surface area contributed by atoms with Gasteiger partial charge in [0.25, 0.3) is 0 Å². The highest BCUT2D eigenvalue weighted by Crippen LogP contribution is 2.39. The van der Waals surface area contributed by atoms with E-state index in [9.17, 15) is 13.2 Å². The number of hydrogen-bond donors (Lipinski definition) is 1. The Balaban J connectivity index is 1.63. The number of nitrogens with one attached hydrogen (secondary N) is 1. The van der Waals surface area contributed by atoms with Gasteiger partial charge in [0.1, 0.15) is 23.3 Å². The van der Waals surface area contributed by atoms with Crippen LogP contribution in [0.1, 0.15) is 18.2 Å². The van der Waals surface area contributed by atoms with Gasteiger partial charge in [-0.3, -0.25) is 4.21 Å². The lowest BCUT2D eigenvalue weighted by atomic mass is 9.96. The van der Waals surface area contributed by atoms with Crippen LogP contribution < -0.4 is 14.5 Å². The molecular formula is C25H27ClF2N5O4S-. The molecule has 0 spiro atoms. The van der Waals surface area contributed by atoms with Crippen LogP contribution in [0.5, 0.6) is 0 Å². The number of aromatic nitrogens is 2. The summed E-state index contributed by atoms with van der Waals surface area (Å²) < 4.78 is 65.3. The van der Waals surface area contributed by atoms with Crippen molar-refractivity contribution in [1.29, 1.82) is 0 Å². The first kappa shape index (κ1) is 27.1. The highest BCUT2D eigenvalue weighted by atomic mass is 35.5. The predicted molar refractivity (Wildman–Crippen MR) is 141 cm³/mol. The smallest absolute Gasteiger partial charge is 0.224 e. The van der Waals surface area contributed by atoms with Gasteiger partial charge >= 0.3 is 0 Å². The molecule has 13 heteroatoms. The Bertz CT molecular complexity index is 1320. The van der Waals surface area contributed by atoms with Crippen molar-refractivity contribution in [3.05, 3.63) is 47.0 Å². The molecule has 2 saturated heterocycles. The van der Waals surface area contributed by atoms with Gasteiger partial charge in [-0.2, -0.15) is 4.98 Å². The first-order valence-corrected chi connectivity index (χ1v) is 13.8. The van der Waals surface area contributed by atoms with Crippen LogP contribution in [-0.4, -0.2) is 77.9 Å². The molecule has 3 heterocycles. The van der Waals surface area contributed by atoms with Gasteiger partial charge in [0.15, 0.2) is 0 Å². The maximum absolute atomic E-state index is 15.8. The topological polar surface area (TPSA) is 103 Å². The fourth-order valence-electron chi connectivity index (χ4n) is 4.83. The lowest BCUT2D eigenvalue weighted by Gasteiger charge is -2.32. The van der Waals surface area contributed by atoms with E-state index in [0.29, 0.717) is 74.9 Å². The summed E-state index contributed by atoms with van der Waals surface area (Å²) in [6.07, 6.45) is -1.88. The van der Waals surface area contributed by atoms with Crippen LogP contribution in [0.15, 0.2) is 30.3 Å². The molecule has 0 amide bonds. The molecular weight excluding hydrogens is 540 g/mol. The van der Waals surface area contributed by atoms with Crippen molar-refractivity contribution in [2.24, 2.45) is 0 Å². The normalized spacial score (nSPS) is 18.1. The Morgan fingerprint density at radius 2 is 1.76 bits per heavy atom. The number of ether oxygens (including phenoxy) is 2. The zero-order valence-corrected chi connectivity index (χ0v) is 22.1. The van der Waals surface area contributed by atoms with E-state index in [1.807, 2.05) is 12.1 Å². The summed E-state index contributed by atoms with van der Waals surface area (Å²) in [6, 6.07) is 8.24. The number of benzene rings is 2. The van der Waals surface area contributed by atoms with Crippen LogP contribution in [0.25, 0.3) is 22.0 Å². The Morgan fingerprint density at radius 3 is 2.45 bits per heavy atom. The third-order valence-corrected chi connectivity index (χ3v) is 7.30. The number of anilines is 2. The van der Waals surface area contributed by atoms with Crippen LogP contribution in [0, 0.1) is 5.82 Å². The molecule has 38 heavy (non-hydrogen) atoms. The molecule has 9 nitrogen and oxygen atoms in total. The van der Waals surface area contributed by atoms with E-state index in [1.165, 1.54) is 6.07 Å². The molecule has 0 saturated carbocycles. The van der Waals surface area contributed by atoms with Crippen molar-refractivity contribution in [3.8, 4) is 11.1 Å². The summed E-state index contributed by atoms with van der Waals surface area (Å²) >= 11 is 3.87. The van der Waals surface area contributed by atoms with E-state index >= 15 is 4.39 Å². The zero-order valence-electron chi connectivity index (χ0n) is 20.5. The molecule has 3 aromatic rings. The summed E-state index contributed by atoms with van der Waals surface area (Å²) in [5, 5.41) is 0.821. The number of fused-ring (bicyclic) bond motifs is 1. The quantitative estimate of drug-likeness (QED) is 0.326. The van der Waals surface area contributed by atoms with E-state index in [2.05, 4.69) is 24.5 Å². The molecule has 2 atom stereocenters. The average Bonchev–Trinajstić information content (AvgIpc) is 2.93. The van der Waals surface area contributed by atoms with E-state index in [-0.39, 0.29) is 29.4 Å². The summed E-state index contributed by atoms with van der Waals surface area (Å²) in [6.45, 7) is 4.51. The van der Waals surface area contributed by atoms with E-state index in [4.69, 9.17) is 21.1 Å². The Kier molecular flexibility index (Phi) is 8.66. The standard InChI is InChI=1S/C25H28ClF2N5O4S/c26-25-30-23-19(24(31-25)33-8-12-37-13-9-33)14-16(15-21(23)32-6-10-36-11-7-32)17-2-1-3-18(22(17)28)20(27)4-5-29-38(34)35/h1-3,14-15,20,29H,4-13H2,(H,34,35)/p-1. The molecule has 2 fully saturated rings. The summed E-state index contributed by atoms with van der Waals surface area (Å²) in [4.78, 5) is 13.3. The lowest BCUT2D eigenvalue weighted by Crippen LogP contribution is -2.37. The van der Waals surface area contributed by atoms with Crippen molar-refractivity contribution < 1.29 is 27.0 Å². The molecule has 5 rings (SSSR count). The minimum absolute atomic E-state index is 0.113. The number of halogens is 3. The molecule has 204 valence electrons. The van der Waals surface area contributed by atoms with Gasteiger partial charge in [-0.15, -0.1) is 0 Å². The summed E-state index contributed by atoms with van der Waals surface area (Å²) in [5.74, 6) is -0.0606. The lowest BCUT2D eigenvalue weighted by molar-refractivity contribution is 0.122. The molecule has 0 radical (unpaired) electrons. The van der Waals surface area contributed by atoms with E-state index < -0.39 is 23.3 Å². The number of nitrogens with zero attached hydrogens (tertiary/aromatic N) is 4. The molecule has 0 aliphatic carbocycles. The van der Waals surface area contributed by atoms with Crippen molar-refractivity contribution in [3.63, 3.8) is 0 Å². The second-order valence-corrected chi connectivity index (χ2v) is 10.1. The number of alkyl halides is 1. The number of hydrogen-bond acceptors (Lipinski definition) is 8. The van der Waals surface area contributed by atoms with Gasteiger partial charge < -0.3 is 23.8 Å². The highest BCUT2D eigenvalue weighted by molar-refractivity contribution is 7.77. The third kappa shape index (κ3) is 5.90. The minimum Gasteiger partial charge on any atom is -0.760 e. The van der Waals surface area contributed by atoms with E-state index in [1.54, 1.807) is 12.1 Å². The average molecular weight is 567 g/mol. The highest BCUT2D eigenvalue weighted by Gasteiger charge is 2.24. The van der Waals surface area contributed by atoms with Gasteiger partial charge in [-0.1, -0.05) is 18.2 Å². The minimum atomic E-state index is -2.51. The number of morpholine rings is 2. The SMILES string of the molecule is O=S([O-])NCCC(F)c1cccc(-c2cc(N3CCOCC3)c3nc(Cl)nc(N4CCOCC4)c3c2)c1F. The molecule has 1 aromatic heterocycles. The van der Waals surface area contributed by atoms with Crippen molar-refractivity contribution in [2.75, 3.05) is 69.0 Å². The Labute approximate surface area is 226 Å². The second kappa shape index (κ2) is 12.1. The second-order valence-electron chi connectivity index (χ2n) is 9.00. The maximum atomic E-state index is 15.8. The van der Waals surface area contributed by atoms with E-state index in [0.717, 1.165) is 5.69 Å².